The average molecular weight is 256 g/mol. The Morgan fingerprint density at radius 3 is 2.72 bits per heavy atom. The highest BCUT2D eigenvalue weighted by atomic mass is 19.3. The molecule has 0 bridgehead atoms. The topological polar surface area (TPSA) is 34.9 Å². The summed E-state index contributed by atoms with van der Waals surface area (Å²) in [7, 11) is 0. The summed E-state index contributed by atoms with van der Waals surface area (Å²) >= 11 is 0. The number of aromatic nitrogens is 2. The molecule has 0 aromatic carbocycles. The summed E-state index contributed by atoms with van der Waals surface area (Å²) < 4.78 is 28.6. The van der Waals surface area contributed by atoms with Gasteiger partial charge in [-0.05, 0) is 26.2 Å². The molecule has 1 unspecified atom stereocenters. The molecule has 0 saturated heterocycles. The van der Waals surface area contributed by atoms with Gasteiger partial charge in [0.05, 0.1) is 12.2 Å². The van der Waals surface area contributed by atoms with Crippen molar-refractivity contribution in [2.24, 2.45) is 0 Å². The number of carbonyl (C=O) groups is 1. The van der Waals surface area contributed by atoms with E-state index in [9.17, 15) is 13.6 Å². The first-order chi connectivity index (χ1) is 8.34. The molecule has 0 aliphatic heterocycles. The summed E-state index contributed by atoms with van der Waals surface area (Å²) in [5.41, 5.74) is 1.37. The van der Waals surface area contributed by atoms with E-state index in [0.717, 1.165) is 25.5 Å². The Morgan fingerprint density at radius 2 is 2.22 bits per heavy atom. The molecule has 0 saturated carbocycles. The lowest BCUT2D eigenvalue weighted by Gasteiger charge is -2.14. The molecule has 0 spiro atoms. The molecule has 5 heteroatoms. The Labute approximate surface area is 105 Å². The maximum Gasteiger partial charge on any atom is 0.286 e. The zero-order chi connectivity index (χ0) is 13.5. The number of hydrogen-bond acceptors (Lipinski definition) is 2. The van der Waals surface area contributed by atoms with Crippen LogP contribution in [0.15, 0.2) is 0 Å². The molecule has 1 aromatic heterocycles. The lowest BCUT2D eigenvalue weighted by atomic mass is 10.0. The monoisotopic (exact) mass is 256 g/mol. The largest absolute Gasteiger partial charge is 0.298 e. The summed E-state index contributed by atoms with van der Waals surface area (Å²) in [6.45, 7) is 4.23. The van der Waals surface area contributed by atoms with Gasteiger partial charge in [-0.1, -0.05) is 6.92 Å². The van der Waals surface area contributed by atoms with E-state index in [1.165, 1.54) is 11.6 Å². The summed E-state index contributed by atoms with van der Waals surface area (Å²) in [6.07, 6.45) is 2.43. The van der Waals surface area contributed by atoms with Crippen molar-refractivity contribution in [1.82, 2.24) is 9.78 Å². The second-order valence-electron chi connectivity index (χ2n) is 5.10. The molecule has 1 heterocycles. The Kier molecular flexibility index (Phi) is 3.25. The zero-order valence-electron chi connectivity index (χ0n) is 11.0. The van der Waals surface area contributed by atoms with Crippen molar-refractivity contribution in [2.45, 2.75) is 58.4 Å². The fourth-order valence-electron chi connectivity index (χ4n) is 2.76. The van der Waals surface area contributed by atoms with Gasteiger partial charge in [-0.2, -0.15) is 13.9 Å². The van der Waals surface area contributed by atoms with E-state index < -0.39 is 5.92 Å². The number of fused-ring (bicyclic) bond motifs is 1. The average Bonchev–Trinajstić information content (AvgIpc) is 2.72. The lowest BCUT2D eigenvalue weighted by Crippen LogP contribution is -2.20. The van der Waals surface area contributed by atoms with Crippen LogP contribution in [0.4, 0.5) is 8.78 Å². The Balaban J connectivity index is 2.51. The van der Waals surface area contributed by atoms with E-state index in [1.807, 2.05) is 6.92 Å². The van der Waals surface area contributed by atoms with Crippen LogP contribution in [0.3, 0.4) is 0 Å². The number of nitrogens with zero attached hydrogens (tertiary/aromatic N) is 2. The van der Waals surface area contributed by atoms with Gasteiger partial charge in [-0.3, -0.25) is 9.48 Å². The fourth-order valence-corrected chi connectivity index (χ4v) is 2.76. The summed E-state index contributed by atoms with van der Waals surface area (Å²) in [5.74, 6) is -2.84. The van der Waals surface area contributed by atoms with Crippen LogP contribution in [0, 0.1) is 0 Å². The standard InChI is InChI=1S/C13H18F2N2O/c1-4-9-5-6-10-11(9)16-17(7-8(2)18)12(10)13(3,14)15/h9H,4-7H2,1-3H3. The molecule has 1 atom stereocenters. The van der Waals surface area contributed by atoms with Gasteiger partial charge < -0.3 is 0 Å². The van der Waals surface area contributed by atoms with Crippen molar-refractivity contribution >= 4 is 5.78 Å². The molecule has 18 heavy (non-hydrogen) atoms. The number of hydrogen-bond donors (Lipinski definition) is 0. The van der Waals surface area contributed by atoms with Gasteiger partial charge in [0.2, 0.25) is 0 Å². The molecule has 3 nitrogen and oxygen atoms in total. The second kappa shape index (κ2) is 4.44. The quantitative estimate of drug-likeness (QED) is 0.830. The van der Waals surface area contributed by atoms with Crippen LogP contribution in [0.5, 0.6) is 0 Å². The van der Waals surface area contributed by atoms with Crippen LogP contribution in [0.2, 0.25) is 0 Å². The van der Waals surface area contributed by atoms with Crippen molar-refractivity contribution in [3.05, 3.63) is 17.0 Å². The highest BCUT2D eigenvalue weighted by molar-refractivity contribution is 5.75. The Bertz CT molecular complexity index is 474. The Hall–Kier alpha value is -1.26. The summed E-state index contributed by atoms with van der Waals surface area (Å²) in [4.78, 5) is 11.2. The maximum absolute atomic E-state index is 13.7. The molecule has 100 valence electrons. The minimum atomic E-state index is -2.95. The van der Waals surface area contributed by atoms with Crippen molar-refractivity contribution in [3.8, 4) is 0 Å². The van der Waals surface area contributed by atoms with Crippen LogP contribution in [-0.4, -0.2) is 15.6 Å². The Morgan fingerprint density at radius 1 is 1.56 bits per heavy atom. The fraction of sp³-hybridized carbons (Fsp3) is 0.692. The molecular weight excluding hydrogens is 238 g/mol. The minimum Gasteiger partial charge on any atom is -0.298 e. The lowest BCUT2D eigenvalue weighted by molar-refractivity contribution is -0.117. The molecule has 0 N–H and O–H groups in total. The highest BCUT2D eigenvalue weighted by Crippen LogP contribution is 2.41. The highest BCUT2D eigenvalue weighted by Gasteiger charge is 2.38. The number of halogens is 2. The SMILES string of the molecule is CCC1CCc2c1nn(CC(C)=O)c2C(C)(F)F. The zero-order valence-corrected chi connectivity index (χ0v) is 11.0. The number of ketones is 1. The normalized spacial score (nSPS) is 19.1. The third kappa shape index (κ3) is 2.18. The molecule has 1 aliphatic carbocycles. The smallest absolute Gasteiger partial charge is 0.286 e. The van der Waals surface area contributed by atoms with E-state index in [0.29, 0.717) is 12.0 Å². The van der Waals surface area contributed by atoms with E-state index >= 15 is 0 Å². The number of carbonyl (C=O) groups excluding carboxylic acids is 1. The first-order valence-electron chi connectivity index (χ1n) is 6.31. The van der Waals surface area contributed by atoms with E-state index in [2.05, 4.69) is 5.10 Å². The third-order valence-electron chi connectivity index (χ3n) is 3.49. The predicted octanol–water partition coefficient (Wildman–Crippen LogP) is 3.02. The number of Topliss-reactive ketones (excluding diaryl/α,β-unsaturated/α-hetero) is 1. The molecule has 0 amide bonds. The molecule has 0 fully saturated rings. The van der Waals surface area contributed by atoms with Gasteiger partial charge in [0.15, 0.2) is 5.78 Å². The van der Waals surface area contributed by atoms with Crippen molar-refractivity contribution in [3.63, 3.8) is 0 Å². The van der Waals surface area contributed by atoms with E-state index in [-0.39, 0.29) is 23.9 Å². The van der Waals surface area contributed by atoms with Gasteiger partial charge in [-0.15, -0.1) is 0 Å². The van der Waals surface area contributed by atoms with Crippen LogP contribution in [0.25, 0.3) is 0 Å². The van der Waals surface area contributed by atoms with Crippen molar-refractivity contribution < 1.29 is 13.6 Å². The first-order valence-corrected chi connectivity index (χ1v) is 6.31. The molecule has 1 aliphatic rings. The van der Waals surface area contributed by atoms with E-state index in [1.54, 1.807) is 0 Å². The summed E-state index contributed by atoms with van der Waals surface area (Å²) in [5, 5.41) is 4.27. The molecule has 1 aromatic rings. The van der Waals surface area contributed by atoms with Crippen LogP contribution >= 0.6 is 0 Å². The van der Waals surface area contributed by atoms with Crippen molar-refractivity contribution in [2.75, 3.05) is 0 Å². The van der Waals surface area contributed by atoms with Gasteiger partial charge >= 0.3 is 0 Å². The predicted molar refractivity (Wildman–Crippen MR) is 63.8 cm³/mol. The summed E-state index contributed by atoms with van der Waals surface area (Å²) in [6, 6.07) is 0. The second-order valence-corrected chi connectivity index (χ2v) is 5.10. The number of alkyl halides is 2. The van der Waals surface area contributed by atoms with Crippen molar-refractivity contribution in [1.29, 1.82) is 0 Å². The maximum atomic E-state index is 13.7. The van der Waals surface area contributed by atoms with Crippen LogP contribution in [-0.2, 0) is 23.7 Å². The molecular formula is C13H18F2N2O. The molecule has 0 radical (unpaired) electrons. The number of rotatable bonds is 4. The van der Waals surface area contributed by atoms with Crippen LogP contribution in [0.1, 0.15) is 56.5 Å². The van der Waals surface area contributed by atoms with Gasteiger partial charge in [-0.25, -0.2) is 0 Å². The van der Waals surface area contributed by atoms with Gasteiger partial charge in [0.1, 0.15) is 5.69 Å². The minimum absolute atomic E-state index is 0.0661. The van der Waals surface area contributed by atoms with Crippen LogP contribution < -0.4 is 0 Å². The van der Waals surface area contributed by atoms with Gasteiger partial charge in [0, 0.05) is 18.4 Å². The molecule has 2 rings (SSSR count). The first kappa shape index (κ1) is 13.2. The van der Waals surface area contributed by atoms with Gasteiger partial charge in [0.25, 0.3) is 5.92 Å². The van der Waals surface area contributed by atoms with E-state index in [4.69, 9.17) is 0 Å². The third-order valence-corrected chi connectivity index (χ3v) is 3.49.